The number of thioether (sulfide) groups is 1. The lowest BCUT2D eigenvalue weighted by Crippen LogP contribution is -2.52. The minimum Gasteiger partial charge on any atom is -0.480 e. The van der Waals surface area contributed by atoms with Crippen LogP contribution in [0.2, 0.25) is 0 Å². The second-order valence-electron chi connectivity index (χ2n) is 4.19. The molecule has 0 aliphatic rings. The summed E-state index contributed by atoms with van der Waals surface area (Å²) in [6.45, 7) is 3.42. The van der Waals surface area contributed by atoms with Crippen LogP contribution in [0, 0.1) is 5.92 Å². The van der Waals surface area contributed by atoms with Gasteiger partial charge in [0.05, 0.1) is 0 Å². The molecule has 6 nitrogen and oxygen atoms in total. The molecular weight excluding hydrogens is 256 g/mol. The van der Waals surface area contributed by atoms with Gasteiger partial charge >= 0.3 is 5.97 Å². The molecule has 104 valence electrons. The fourth-order valence-corrected chi connectivity index (χ4v) is 1.85. The van der Waals surface area contributed by atoms with Gasteiger partial charge in [0.2, 0.25) is 12.3 Å². The average Bonchev–Trinajstić information content (AvgIpc) is 2.30. The number of nitrogens with one attached hydrogen (secondary N) is 2. The molecular formula is C11H20N2O4S. The second kappa shape index (κ2) is 8.79. The molecule has 2 atom stereocenters. The number of hydrogen-bond donors (Lipinski definition) is 3. The summed E-state index contributed by atoms with van der Waals surface area (Å²) in [5.41, 5.74) is 0. The van der Waals surface area contributed by atoms with Crippen molar-refractivity contribution in [2.24, 2.45) is 5.92 Å². The van der Waals surface area contributed by atoms with E-state index in [1.54, 1.807) is 25.6 Å². The third-order valence-electron chi connectivity index (χ3n) is 2.43. The Kier molecular flexibility index (Phi) is 8.19. The summed E-state index contributed by atoms with van der Waals surface area (Å²) in [5.74, 6) is -1.05. The van der Waals surface area contributed by atoms with Crippen LogP contribution in [0.25, 0.3) is 0 Å². The molecule has 0 rings (SSSR count). The zero-order chi connectivity index (χ0) is 14.1. The van der Waals surface area contributed by atoms with E-state index in [0.29, 0.717) is 18.6 Å². The molecule has 0 bridgehead atoms. The van der Waals surface area contributed by atoms with E-state index in [2.05, 4.69) is 10.6 Å². The molecule has 0 saturated carbocycles. The fraction of sp³-hybridized carbons (Fsp3) is 0.727. The second-order valence-corrected chi connectivity index (χ2v) is 5.17. The highest BCUT2D eigenvalue weighted by atomic mass is 32.2. The Balaban J connectivity index is 4.55. The predicted molar refractivity (Wildman–Crippen MR) is 70.4 cm³/mol. The van der Waals surface area contributed by atoms with Crippen molar-refractivity contribution in [3.63, 3.8) is 0 Å². The highest BCUT2D eigenvalue weighted by Crippen LogP contribution is 2.05. The summed E-state index contributed by atoms with van der Waals surface area (Å²) in [5, 5.41) is 13.8. The van der Waals surface area contributed by atoms with E-state index in [1.165, 1.54) is 0 Å². The van der Waals surface area contributed by atoms with Gasteiger partial charge in [-0.05, 0) is 24.3 Å². The lowest BCUT2D eigenvalue weighted by Gasteiger charge is -2.21. The molecule has 0 fully saturated rings. The third kappa shape index (κ3) is 5.90. The van der Waals surface area contributed by atoms with Crippen LogP contribution in [0.15, 0.2) is 0 Å². The number of rotatable bonds is 9. The molecule has 0 unspecified atom stereocenters. The van der Waals surface area contributed by atoms with E-state index in [4.69, 9.17) is 5.11 Å². The fourth-order valence-electron chi connectivity index (χ4n) is 1.38. The Morgan fingerprint density at radius 3 is 2.39 bits per heavy atom. The Bertz CT molecular complexity index is 297. The maximum Gasteiger partial charge on any atom is 0.326 e. The molecule has 3 N–H and O–H groups in total. The first kappa shape index (κ1) is 16.8. The Labute approximate surface area is 111 Å². The molecule has 0 aliphatic carbocycles. The Hall–Kier alpha value is -1.24. The highest BCUT2D eigenvalue weighted by Gasteiger charge is 2.26. The van der Waals surface area contributed by atoms with Crippen molar-refractivity contribution in [1.29, 1.82) is 0 Å². The van der Waals surface area contributed by atoms with Crippen molar-refractivity contribution >= 4 is 30.0 Å². The van der Waals surface area contributed by atoms with Crippen LogP contribution in [0.5, 0.6) is 0 Å². The van der Waals surface area contributed by atoms with Gasteiger partial charge in [-0.1, -0.05) is 13.8 Å². The molecule has 2 amide bonds. The number of amides is 2. The lowest BCUT2D eigenvalue weighted by molar-refractivity contribution is -0.143. The zero-order valence-electron chi connectivity index (χ0n) is 10.8. The van der Waals surface area contributed by atoms with E-state index < -0.39 is 24.0 Å². The lowest BCUT2D eigenvalue weighted by atomic mass is 10.0. The monoisotopic (exact) mass is 276 g/mol. The van der Waals surface area contributed by atoms with Crippen LogP contribution in [0.1, 0.15) is 20.3 Å². The summed E-state index contributed by atoms with van der Waals surface area (Å²) in [6, 6.07) is -1.63. The van der Waals surface area contributed by atoms with Gasteiger partial charge in [0.1, 0.15) is 12.1 Å². The van der Waals surface area contributed by atoms with Crippen molar-refractivity contribution in [1.82, 2.24) is 10.6 Å². The number of hydrogen-bond acceptors (Lipinski definition) is 4. The number of aliphatic carboxylic acids is 1. The van der Waals surface area contributed by atoms with Crippen LogP contribution in [-0.4, -0.2) is 47.5 Å². The quantitative estimate of drug-likeness (QED) is 0.518. The first-order valence-corrected chi connectivity index (χ1v) is 7.05. The van der Waals surface area contributed by atoms with Crippen molar-refractivity contribution < 1.29 is 19.5 Å². The minimum absolute atomic E-state index is 0.219. The molecule has 0 aromatic carbocycles. The smallest absolute Gasteiger partial charge is 0.326 e. The first-order chi connectivity index (χ1) is 8.43. The van der Waals surface area contributed by atoms with E-state index >= 15 is 0 Å². The van der Waals surface area contributed by atoms with E-state index in [-0.39, 0.29) is 5.92 Å². The largest absolute Gasteiger partial charge is 0.480 e. The van der Waals surface area contributed by atoms with Gasteiger partial charge in [-0.25, -0.2) is 4.79 Å². The van der Waals surface area contributed by atoms with Gasteiger partial charge in [-0.15, -0.1) is 0 Å². The molecule has 18 heavy (non-hydrogen) atoms. The molecule has 0 heterocycles. The van der Waals surface area contributed by atoms with E-state index in [0.717, 1.165) is 0 Å². The van der Waals surface area contributed by atoms with Crippen molar-refractivity contribution in [2.45, 2.75) is 32.4 Å². The van der Waals surface area contributed by atoms with Crippen molar-refractivity contribution in [3.05, 3.63) is 0 Å². The number of carboxylic acid groups (broad SMARTS) is 1. The summed E-state index contributed by atoms with van der Waals surface area (Å²) in [4.78, 5) is 33.2. The van der Waals surface area contributed by atoms with Crippen LogP contribution in [-0.2, 0) is 14.4 Å². The molecule has 0 radical (unpaired) electrons. The summed E-state index contributed by atoms with van der Waals surface area (Å²) < 4.78 is 0. The summed E-state index contributed by atoms with van der Waals surface area (Å²) >= 11 is 1.55. The standard InChI is InChI=1S/C11H20N2O4S/c1-7(2)9(11(16)17)13-10(15)8(12-6-14)4-5-18-3/h6-9H,4-5H2,1-3H3,(H,12,14)(H,13,15)(H,16,17)/t8-,9+/m0/s1. The SMILES string of the molecule is CSCC[C@H](NC=O)C(=O)N[C@@H](C(=O)O)C(C)C. The minimum atomic E-state index is -1.08. The zero-order valence-corrected chi connectivity index (χ0v) is 11.6. The molecule has 0 aromatic rings. The highest BCUT2D eigenvalue weighted by molar-refractivity contribution is 7.98. The maximum atomic E-state index is 11.9. The van der Waals surface area contributed by atoms with Gasteiger partial charge in [-0.2, -0.15) is 11.8 Å². The van der Waals surface area contributed by atoms with Crippen molar-refractivity contribution in [2.75, 3.05) is 12.0 Å². The first-order valence-electron chi connectivity index (χ1n) is 5.65. The molecule has 7 heteroatoms. The van der Waals surface area contributed by atoms with Gasteiger partial charge in [0, 0.05) is 0 Å². The third-order valence-corrected chi connectivity index (χ3v) is 3.07. The van der Waals surface area contributed by atoms with Gasteiger partial charge in [-0.3, -0.25) is 9.59 Å². The van der Waals surface area contributed by atoms with Gasteiger partial charge in [0.15, 0.2) is 0 Å². The number of carboxylic acids is 1. The van der Waals surface area contributed by atoms with Crippen molar-refractivity contribution in [3.8, 4) is 0 Å². The van der Waals surface area contributed by atoms with Crippen LogP contribution < -0.4 is 10.6 Å². The Morgan fingerprint density at radius 2 is 2.00 bits per heavy atom. The Morgan fingerprint density at radius 1 is 1.39 bits per heavy atom. The van der Waals surface area contributed by atoms with Gasteiger partial charge in [0.25, 0.3) is 0 Å². The topological polar surface area (TPSA) is 95.5 Å². The average molecular weight is 276 g/mol. The van der Waals surface area contributed by atoms with Crippen LogP contribution in [0.3, 0.4) is 0 Å². The normalized spacial score (nSPS) is 13.8. The van der Waals surface area contributed by atoms with E-state index in [1.807, 2.05) is 6.26 Å². The molecule has 0 aromatic heterocycles. The number of carbonyl (C=O) groups excluding carboxylic acids is 2. The summed E-state index contributed by atoms with van der Waals surface area (Å²) in [7, 11) is 0. The predicted octanol–water partition coefficient (Wildman–Crippen LogP) is 0.0795. The maximum absolute atomic E-state index is 11.9. The summed E-state index contributed by atoms with van der Waals surface area (Å²) in [6.07, 6.45) is 2.82. The van der Waals surface area contributed by atoms with Crippen LogP contribution >= 0.6 is 11.8 Å². The van der Waals surface area contributed by atoms with E-state index in [9.17, 15) is 14.4 Å². The van der Waals surface area contributed by atoms with Crippen LogP contribution in [0.4, 0.5) is 0 Å². The molecule has 0 saturated heterocycles. The molecule has 0 aliphatic heterocycles. The van der Waals surface area contributed by atoms with Gasteiger partial charge < -0.3 is 15.7 Å². The number of carbonyl (C=O) groups is 3. The molecule has 0 spiro atoms.